The first kappa shape index (κ1) is 11.2. The van der Waals surface area contributed by atoms with Gasteiger partial charge in [-0.1, -0.05) is 0 Å². The maximum Gasteiger partial charge on any atom is 0.0895 e. The van der Waals surface area contributed by atoms with E-state index in [-0.39, 0.29) is 12.6 Å². The molecule has 0 aromatic carbocycles. The SMILES string of the molecule is CC(NCC(O)CO)c1cnn(C)c1. The van der Waals surface area contributed by atoms with Gasteiger partial charge in [0.15, 0.2) is 0 Å². The van der Waals surface area contributed by atoms with Crippen LogP contribution >= 0.6 is 0 Å². The van der Waals surface area contributed by atoms with E-state index in [0.29, 0.717) is 6.54 Å². The highest BCUT2D eigenvalue weighted by atomic mass is 16.3. The minimum Gasteiger partial charge on any atom is -0.394 e. The Kier molecular flexibility index (Phi) is 4.06. The highest BCUT2D eigenvalue weighted by molar-refractivity contribution is 5.08. The van der Waals surface area contributed by atoms with Gasteiger partial charge in [-0.2, -0.15) is 5.10 Å². The molecule has 5 nitrogen and oxygen atoms in total. The van der Waals surface area contributed by atoms with Crippen LogP contribution in [0.15, 0.2) is 12.4 Å². The Bertz CT molecular complexity index is 275. The second kappa shape index (κ2) is 5.09. The molecule has 5 heteroatoms. The van der Waals surface area contributed by atoms with Crippen molar-refractivity contribution in [2.24, 2.45) is 7.05 Å². The zero-order valence-electron chi connectivity index (χ0n) is 8.51. The third kappa shape index (κ3) is 3.10. The van der Waals surface area contributed by atoms with E-state index < -0.39 is 6.10 Å². The number of rotatable bonds is 5. The van der Waals surface area contributed by atoms with Crippen LogP contribution in [0, 0.1) is 0 Å². The molecule has 0 saturated carbocycles. The summed E-state index contributed by atoms with van der Waals surface area (Å²) in [4.78, 5) is 0. The lowest BCUT2D eigenvalue weighted by molar-refractivity contribution is 0.0924. The fraction of sp³-hybridized carbons (Fsp3) is 0.667. The summed E-state index contributed by atoms with van der Waals surface area (Å²) in [5.41, 5.74) is 1.07. The van der Waals surface area contributed by atoms with Gasteiger partial charge in [-0.05, 0) is 6.92 Å². The van der Waals surface area contributed by atoms with Crippen molar-refractivity contribution in [2.45, 2.75) is 19.1 Å². The standard InChI is InChI=1S/C9H17N3O2/c1-7(10-4-9(14)6-13)8-3-11-12(2)5-8/h3,5,7,9-10,13-14H,4,6H2,1-2H3. The van der Waals surface area contributed by atoms with Crippen molar-refractivity contribution in [1.82, 2.24) is 15.1 Å². The zero-order chi connectivity index (χ0) is 10.6. The van der Waals surface area contributed by atoms with E-state index in [1.807, 2.05) is 20.2 Å². The normalized spacial score (nSPS) is 15.4. The van der Waals surface area contributed by atoms with Crippen molar-refractivity contribution < 1.29 is 10.2 Å². The monoisotopic (exact) mass is 199 g/mol. The minimum absolute atomic E-state index is 0.130. The topological polar surface area (TPSA) is 70.3 Å². The molecule has 80 valence electrons. The molecule has 1 rings (SSSR count). The van der Waals surface area contributed by atoms with E-state index in [4.69, 9.17) is 10.2 Å². The lowest BCUT2D eigenvalue weighted by atomic mass is 10.2. The Morgan fingerprint density at radius 1 is 1.64 bits per heavy atom. The molecule has 0 aliphatic heterocycles. The average Bonchev–Trinajstić information content (AvgIpc) is 2.60. The van der Waals surface area contributed by atoms with Crippen LogP contribution in [0.1, 0.15) is 18.5 Å². The molecule has 0 radical (unpaired) electrons. The van der Waals surface area contributed by atoms with Gasteiger partial charge in [0.05, 0.1) is 18.9 Å². The van der Waals surface area contributed by atoms with E-state index in [2.05, 4.69) is 10.4 Å². The number of nitrogens with one attached hydrogen (secondary N) is 1. The average molecular weight is 199 g/mol. The first-order chi connectivity index (χ1) is 6.63. The van der Waals surface area contributed by atoms with E-state index in [1.54, 1.807) is 10.9 Å². The summed E-state index contributed by atoms with van der Waals surface area (Å²) in [5.74, 6) is 0. The molecule has 2 atom stereocenters. The van der Waals surface area contributed by atoms with Crippen LogP contribution in [0.25, 0.3) is 0 Å². The number of nitrogens with zero attached hydrogens (tertiary/aromatic N) is 2. The maximum atomic E-state index is 9.13. The first-order valence-electron chi connectivity index (χ1n) is 4.64. The maximum absolute atomic E-state index is 9.13. The largest absolute Gasteiger partial charge is 0.394 e. The van der Waals surface area contributed by atoms with Gasteiger partial charge in [0, 0.05) is 31.4 Å². The van der Waals surface area contributed by atoms with Gasteiger partial charge in [-0.3, -0.25) is 4.68 Å². The van der Waals surface area contributed by atoms with Gasteiger partial charge >= 0.3 is 0 Å². The van der Waals surface area contributed by atoms with Crippen molar-refractivity contribution in [2.75, 3.05) is 13.2 Å². The molecule has 2 unspecified atom stereocenters. The summed E-state index contributed by atoms with van der Waals surface area (Å²) in [7, 11) is 1.86. The van der Waals surface area contributed by atoms with E-state index in [9.17, 15) is 0 Å². The lowest BCUT2D eigenvalue weighted by Gasteiger charge is -2.14. The van der Waals surface area contributed by atoms with Gasteiger partial charge < -0.3 is 15.5 Å². The number of aliphatic hydroxyl groups is 2. The highest BCUT2D eigenvalue weighted by Crippen LogP contribution is 2.09. The molecule has 1 aromatic heterocycles. The Morgan fingerprint density at radius 2 is 2.36 bits per heavy atom. The molecule has 1 heterocycles. The van der Waals surface area contributed by atoms with E-state index in [1.165, 1.54) is 0 Å². The van der Waals surface area contributed by atoms with E-state index >= 15 is 0 Å². The van der Waals surface area contributed by atoms with Crippen LogP contribution in [0.5, 0.6) is 0 Å². The number of aryl methyl sites for hydroxylation is 1. The Balaban J connectivity index is 2.39. The summed E-state index contributed by atoms with van der Waals surface area (Å²) in [6.45, 7) is 2.15. The number of hydrogen-bond acceptors (Lipinski definition) is 4. The van der Waals surface area contributed by atoms with Crippen LogP contribution < -0.4 is 5.32 Å². The Morgan fingerprint density at radius 3 is 2.86 bits per heavy atom. The quantitative estimate of drug-likeness (QED) is 0.593. The third-order valence-electron chi connectivity index (χ3n) is 2.10. The second-order valence-corrected chi connectivity index (χ2v) is 3.41. The van der Waals surface area contributed by atoms with Gasteiger partial charge in [0.2, 0.25) is 0 Å². The van der Waals surface area contributed by atoms with Crippen molar-refractivity contribution in [3.63, 3.8) is 0 Å². The lowest BCUT2D eigenvalue weighted by Crippen LogP contribution is -2.31. The molecule has 0 saturated heterocycles. The van der Waals surface area contributed by atoms with Crippen LogP contribution in [0.3, 0.4) is 0 Å². The summed E-state index contributed by atoms with van der Waals surface area (Å²) < 4.78 is 1.73. The van der Waals surface area contributed by atoms with Crippen molar-refractivity contribution in [3.8, 4) is 0 Å². The summed E-state index contributed by atoms with van der Waals surface area (Å²) in [6.07, 6.45) is 3.00. The molecule has 0 aliphatic rings. The van der Waals surface area contributed by atoms with Crippen LogP contribution in [-0.2, 0) is 7.05 Å². The van der Waals surface area contributed by atoms with Crippen molar-refractivity contribution in [1.29, 1.82) is 0 Å². The fourth-order valence-corrected chi connectivity index (χ4v) is 1.16. The molecular weight excluding hydrogens is 182 g/mol. The Labute approximate surface area is 83.4 Å². The van der Waals surface area contributed by atoms with Crippen LogP contribution in [0.4, 0.5) is 0 Å². The van der Waals surface area contributed by atoms with Gasteiger partial charge in [0.25, 0.3) is 0 Å². The minimum atomic E-state index is -0.700. The van der Waals surface area contributed by atoms with Gasteiger partial charge in [-0.15, -0.1) is 0 Å². The van der Waals surface area contributed by atoms with Gasteiger partial charge in [0.1, 0.15) is 0 Å². The predicted molar refractivity (Wildman–Crippen MR) is 52.7 cm³/mol. The predicted octanol–water partition coefficient (Wildman–Crippen LogP) is -0.576. The fourth-order valence-electron chi connectivity index (χ4n) is 1.16. The molecule has 0 fully saturated rings. The zero-order valence-corrected chi connectivity index (χ0v) is 8.51. The molecule has 0 aliphatic carbocycles. The van der Waals surface area contributed by atoms with Crippen LogP contribution in [0.2, 0.25) is 0 Å². The molecule has 1 aromatic rings. The number of aliphatic hydroxyl groups excluding tert-OH is 2. The number of aromatic nitrogens is 2. The molecule has 0 spiro atoms. The second-order valence-electron chi connectivity index (χ2n) is 3.41. The first-order valence-corrected chi connectivity index (χ1v) is 4.64. The molecule has 3 N–H and O–H groups in total. The molecule has 0 bridgehead atoms. The van der Waals surface area contributed by atoms with Crippen molar-refractivity contribution in [3.05, 3.63) is 18.0 Å². The molecule has 0 amide bonds. The molecule has 14 heavy (non-hydrogen) atoms. The molecular formula is C9H17N3O2. The summed E-state index contributed by atoms with van der Waals surface area (Å²) in [5, 5.41) is 24.9. The smallest absolute Gasteiger partial charge is 0.0895 e. The van der Waals surface area contributed by atoms with E-state index in [0.717, 1.165) is 5.56 Å². The van der Waals surface area contributed by atoms with Gasteiger partial charge in [-0.25, -0.2) is 0 Å². The summed E-state index contributed by atoms with van der Waals surface area (Å²) >= 11 is 0. The number of hydrogen-bond donors (Lipinski definition) is 3. The van der Waals surface area contributed by atoms with Crippen molar-refractivity contribution >= 4 is 0 Å². The highest BCUT2D eigenvalue weighted by Gasteiger charge is 2.08. The summed E-state index contributed by atoms with van der Waals surface area (Å²) in [6, 6.07) is 0.130. The van der Waals surface area contributed by atoms with Crippen LogP contribution in [-0.4, -0.2) is 39.2 Å². The third-order valence-corrected chi connectivity index (χ3v) is 2.10. The Hall–Kier alpha value is -0.910.